The van der Waals surface area contributed by atoms with Gasteiger partial charge in [-0.05, 0) is 207 Å². The Kier molecular flexibility index (Phi) is 27.8. The SMILES string of the molecule is CC(=O)Nc1ccc(Sc2cc(Nc3cc(C)[nH]n3)c3ccccc3n2)cc1.CC(=O)Nc1ccc(Sc2cc3ccccc3c(Nc3cc(C4CC4)[nH]n3)n2)cc1.Cc1cc(Nc2nc(Sc3ccc4ncsc4c3)cc3ccccc23)n[nH]1.c1ccc2c(Nc3cc(C4CC4)[nH]n3)cc(Sc3ccc4ncsc4c3)nc2c1.c1csc(CSc2cc(Nc3n[nH]c4ccccc34)c3ccccc3n2)c1. The Morgan fingerprint density at radius 2 is 0.745 bits per heavy atom. The number of carbonyl (C=O) groups excluding carboxylic acids is 2. The molecule has 696 valence electrons. The first-order valence-electron chi connectivity index (χ1n) is 45.3. The number of anilines is 12. The van der Waals surface area contributed by atoms with Crippen molar-refractivity contribution in [2.75, 3.05) is 37.2 Å². The van der Waals surface area contributed by atoms with Crippen LogP contribution in [0.4, 0.5) is 69.2 Å². The molecule has 13 heterocycles. The zero-order valence-corrected chi connectivity index (χ0v) is 82.7. The molecule has 13 aromatic heterocycles. The molecule has 2 aliphatic rings. The number of amides is 2. The van der Waals surface area contributed by atoms with Crippen molar-refractivity contribution in [3.63, 3.8) is 0 Å². The molecule has 2 aliphatic carbocycles. The van der Waals surface area contributed by atoms with E-state index in [9.17, 15) is 9.59 Å². The quantitative estimate of drug-likeness (QED) is 0.0236. The summed E-state index contributed by atoms with van der Waals surface area (Å²) in [6.45, 7) is 6.94. The number of rotatable bonds is 25. The van der Waals surface area contributed by atoms with E-state index in [0.717, 1.165) is 207 Å². The summed E-state index contributed by atoms with van der Waals surface area (Å²) in [5, 5.41) is 75.3. The number of benzene rings is 10. The van der Waals surface area contributed by atoms with Crippen molar-refractivity contribution in [2.24, 2.45) is 0 Å². The van der Waals surface area contributed by atoms with Gasteiger partial charge in [-0.15, -0.1) is 45.8 Å². The molecule has 26 nitrogen and oxygen atoms in total. The van der Waals surface area contributed by atoms with Crippen LogP contribution in [-0.4, -0.2) is 97.7 Å². The Bertz CT molecular complexity index is 8420. The summed E-state index contributed by atoms with van der Waals surface area (Å²) in [6, 6.07) is 100.0. The van der Waals surface area contributed by atoms with Gasteiger partial charge in [-0.2, -0.15) is 25.5 Å². The fraction of sp³-hybridized carbons (Fsp3) is 0.103. The molecule has 25 rings (SSSR count). The van der Waals surface area contributed by atoms with E-state index in [0.29, 0.717) is 11.8 Å². The summed E-state index contributed by atoms with van der Waals surface area (Å²) in [5.74, 6) is 7.64. The largest absolute Gasteiger partial charge is 0.338 e. The highest BCUT2D eigenvalue weighted by Gasteiger charge is 2.28. The van der Waals surface area contributed by atoms with Crippen LogP contribution in [0.15, 0.2) is 358 Å². The molecule has 0 bridgehead atoms. The minimum absolute atomic E-state index is 0.0782. The summed E-state index contributed by atoms with van der Waals surface area (Å²) in [4.78, 5) is 61.0. The summed E-state index contributed by atoms with van der Waals surface area (Å²) >= 11 is 13.3. The first kappa shape index (κ1) is 92.1. The number of hydrogen-bond donors (Lipinski definition) is 12. The lowest BCUT2D eigenvalue weighted by molar-refractivity contribution is -0.115. The molecule has 23 aromatic rings. The average molecular weight is 2000 g/mol. The average Bonchev–Trinajstić information content (AvgIpc) is 1.68. The van der Waals surface area contributed by atoms with Crippen molar-refractivity contribution < 1.29 is 9.59 Å². The number of aryl methyl sites for hydroxylation is 2. The standard InChI is InChI=1S/C23H21N5OS.C22H17N5S2.C21H19N5OS.C21H16N4S2.C20H15N5S2/c1-14(29)24-17-8-10-18(11-9-17)30-22-12-16-4-2-3-5-19(16)23(26-22)25-21-13-20(27-28-21)15-6-7-15;1-2-4-16-15(3-1)19(24-21-10-18(26-27-21)13-5-6-13)11-22(25-16)29-14-7-8-17-20(9-14)28-12-23-17;1-13-11-20(26-25-13)23-19-12-21(24-18-6-4-3-5-17(18)19)28-16-9-7-15(8-10-16)22-14(2)27;1-3-9-17-15(7-1)19(12-20(22-17)27-13-14-6-5-11-26-14)23-21-16-8-2-4-10-18(16)24-25-21;1-12-8-18(25-24-12)22-20-15-5-3-2-4-13(15)9-19(23-20)27-14-6-7-16-17(10-14)26-11-21-16/h2-5,8-13,15H,6-7H2,1H3,(H,24,29)(H2,25,26,27,28);1-4,7-13H,5-6H2,(H2,24,25,26,27);3-12H,1-2H3,(H,22,27)(H2,23,24,25,26);1-12H,13H2,(H2,22,23,24,25);2-11H,1H3,(H2,22,23,24,25). The van der Waals surface area contributed by atoms with E-state index in [1.807, 2.05) is 183 Å². The van der Waals surface area contributed by atoms with Gasteiger partial charge in [-0.1, -0.05) is 168 Å². The van der Waals surface area contributed by atoms with E-state index in [-0.39, 0.29) is 11.8 Å². The molecular weight excluding hydrogens is 1910 g/mol. The van der Waals surface area contributed by atoms with Crippen molar-refractivity contribution in [1.29, 1.82) is 0 Å². The molecule has 12 N–H and O–H groups in total. The van der Waals surface area contributed by atoms with Crippen molar-refractivity contribution >= 4 is 259 Å². The van der Waals surface area contributed by atoms with Crippen LogP contribution in [0.3, 0.4) is 0 Å². The third kappa shape index (κ3) is 23.3. The monoisotopic (exact) mass is 2000 g/mol. The molecule has 0 spiro atoms. The number of aromatic nitrogens is 17. The molecule has 0 saturated heterocycles. The second-order valence-electron chi connectivity index (χ2n) is 33.4. The van der Waals surface area contributed by atoms with E-state index in [2.05, 4.69) is 243 Å². The van der Waals surface area contributed by atoms with Crippen LogP contribution < -0.4 is 37.2 Å². The van der Waals surface area contributed by atoms with Gasteiger partial charge in [0.15, 0.2) is 29.1 Å². The highest BCUT2D eigenvalue weighted by Crippen LogP contribution is 2.45. The first-order chi connectivity index (χ1) is 69.1. The number of para-hydroxylation sites is 4. The number of fused-ring (bicyclic) bond motifs is 8. The molecule has 2 saturated carbocycles. The van der Waals surface area contributed by atoms with E-state index >= 15 is 0 Å². The normalized spacial score (nSPS) is 12.2. The van der Waals surface area contributed by atoms with Crippen LogP contribution in [0.5, 0.6) is 0 Å². The predicted octanol–water partition coefficient (Wildman–Crippen LogP) is 29.1. The lowest BCUT2D eigenvalue weighted by Gasteiger charge is -2.10. The topological polar surface area (TPSA) is 352 Å². The summed E-state index contributed by atoms with van der Waals surface area (Å²) in [6.07, 6.45) is 4.97. The van der Waals surface area contributed by atoms with Gasteiger partial charge < -0.3 is 37.2 Å². The van der Waals surface area contributed by atoms with Gasteiger partial charge in [0.25, 0.3) is 0 Å². The third-order valence-corrected chi connectivity index (χ3v) is 30.0. The Morgan fingerprint density at radius 1 is 0.340 bits per heavy atom. The zero-order valence-electron chi connectivity index (χ0n) is 76.2. The number of pyridine rings is 5. The Morgan fingerprint density at radius 3 is 1.21 bits per heavy atom. The van der Waals surface area contributed by atoms with Crippen molar-refractivity contribution in [3.05, 3.63) is 341 Å². The maximum atomic E-state index is 11.2. The van der Waals surface area contributed by atoms with Gasteiger partial charge in [-0.3, -0.25) is 35.1 Å². The van der Waals surface area contributed by atoms with Crippen molar-refractivity contribution in [3.8, 4) is 0 Å². The first-order valence-corrected chi connectivity index (χ1v) is 52.2. The van der Waals surface area contributed by atoms with Gasteiger partial charge >= 0.3 is 0 Å². The maximum absolute atomic E-state index is 11.2. The van der Waals surface area contributed by atoms with Gasteiger partial charge in [0.05, 0.1) is 75.6 Å². The fourth-order valence-corrected chi connectivity index (χ4v) is 22.4. The molecule has 0 unspecified atom stereocenters. The van der Waals surface area contributed by atoms with Crippen molar-refractivity contribution in [1.82, 2.24) is 85.9 Å². The minimum atomic E-state index is -0.0825. The van der Waals surface area contributed by atoms with E-state index in [1.54, 1.807) is 92.8 Å². The summed E-state index contributed by atoms with van der Waals surface area (Å²) in [7, 11) is 0. The molecule has 10 aromatic carbocycles. The smallest absolute Gasteiger partial charge is 0.221 e. The number of nitrogens with one attached hydrogen (secondary N) is 12. The van der Waals surface area contributed by atoms with E-state index < -0.39 is 0 Å². The van der Waals surface area contributed by atoms with Gasteiger partial charge in [0, 0.05) is 147 Å². The van der Waals surface area contributed by atoms with Crippen LogP contribution in [0, 0.1) is 13.8 Å². The van der Waals surface area contributed by atoms with Gasteiger partial charge in [-0.25, -0.2) is 34.9 Å². The van der Waals surface area contributed by atoms with E-state index in [1.165, 1.54) is 65.2 Å². The minimum Gasteiger partial charge on any atom is -0.338 e. The number of nitrogens with zero attached hydrogens (tertiary/aromatic N) is 12. The van der Waals surface area contributed by atoms with Crippen molar-refractivity contribution in [2.45, 2.75) is 116 Å². The van der Waals surface area contributed by atoms with Crippen LogP contribution in [0.2, 0.25) is 0 Å². The number of hydrogen-bond acceptors (Lipinski definition) is 27. The molecule has 2 fully saturated rings. The molecule has 0 atom stereocenters. The fourth-order valence-electron chi connectivity index (χ4n) is 15.7. The molecule has 34 heteroatoms. The summed E-state index contributed by atoms with van der Waals surface area (Å²) < 4.78 is 2.38. The number of carbonyl (C=O) groups is 2. The Balaban J connectivity index is 0.000000105. The molecule has 2 amide bonds. The Hall–Kier alpha value is -15.3. The molecule has 0 aliphatic heterocycles. The number of H-pyrrole nitrogens is 5. The van der Waals surface area contributed by atoms with Gasteiger partial charge in [0.2, 0.25) is 11.8 Å². The van der Waals surface area contributed by atoms with Gasteiger partial charge in [0.1, 0.15) is 31.7 Å². The highest BCUT2D eigenvalue weighted by molar-refractivity contribution is 8.00. The second-order valence-corrected chi connectivity index (χ2v) is 41.5. The van der Waals surface area contributed by atoms with Crippen LogP contribution in [-0.2, 0) is 15.3 Å². The maximum Gasteiger partial charge on any atom is 0.221 e. The Labute approximate surface area is 842 Å². The number of thiophene rings is 1. The second kappa shape index (κ2) is 42.6. The number of thioether (sulfide) groups is 1. The third-order valence-electron chi connectivity index (χ3n) is 22.7. The molecule has 0 radical (unpaired) electrons. The summed E-state index contributed by atoms with van der Waals surface area (Å²) in [5.41, 5.74) is 18.7. The lowest BCUT2D eigenvalue weighted by Crippen LogP contribution is -2.05. The molecule has 141 heavy (non-hydrogen) atoms. The number of thiazole rings is 2. The zero-order chi connectivity index (χ0) is 95.5. The number of aromatic amines is 5. The molecular formula is C107H88N24O2S8. The highest BCUT2D eigenvalue weighted by atomic mass is 32.2. The van der Waals surface area contributed by atoms with Crippen LogP contribution >= 0.6 is 92.8 Å². The lowest BCUT2D eigenvalue weighted by atomic mass is 10.1. The van der Waals surface area contributed by atoms with Crippen LogP contribution in [0.1, 0.15) is 79.0 Å². The predicted molar refractivity (Wildman–Crippen MR) is 580 cm³/mol. The van der Waals surface area contributed by atoms with E-state index in [4.69, 9.17) is 24.9 Å². The van der Waals surface area contributed by atoms with Crippen LogP contribution in [0.25, 0.3) is 85.6 Å².